The van der Waals surface area contributed by atoms with Gasteiger partial charge in [-0.15, -0.1) is 0 Å². The van der Waals surface area contributed by atoms with Gasteiger partial charge >= 0.3 is 0 Å². The summed E-state index contributed by atoms with van der Waals surface area (Å²) in [4.78, 5) is 0. The average Bonchev–Trinajstić information content (AvgIpc) is 2.16. The van der Waals surface area contributed by atoms with E-state index >= 15 is 0 Å². The zero-order valence-electron chi connectivity index (χ0n) is 7.26. The molecule has 0 aliphatic rings. The highest BCUT2D eigenvalue weighted by Crippen LogP contribution is 2.28. The predicted octanol–water partition coefficient (Wildman–Crippen LogP) is 1.91. The summed E-state index contributed by atoms with van der Waals surface area (Å²) in [5, 5.41) is 2.77. The van der Waals surface area contributed by atoms with Gasteiger partial charge in [0.05, 0.1) is 19.9 Å². The van der Waals surface area contributed by atoms with Gasteiger partial charge in [0.1, 0.15) is 11.5 Å². The Morgan fingerprint density at radius 2 is 2.00 bits per heavy atom. The average molecular weight is 166 g/mol. The molecule has 0 aromatic heterocycles. The lowest BCUT2D eigenvalue weighted by Crippen LogP contribution is -1.92. The van der Waals surface area contributed by atoms with E-state index in [4.69, 9.17) is 9.47 Å². The molecule has 0 fully saturated rings. The normalized spacial score (nSPS) is 9.25. The van der Waals surface area contributed by atoms with Crippen LogP contribution in [-0.2, 0) is 0 Å². The molecule has 0 saturated heterocycles. The highest BCUT2D eigenvalue weighted by molar-refractivity contribution is 5.59. The van der Waals surface area contributed by atoms with Crippen LogP contribution in [0.15, 0.2) is 18.2 Å². The van der Waals surface area contributed by atoms with Crippen LogP contribution < -0.4 is 14.8 Å². The Morgan fingerprint density at radius 1 is 1.25 bits per heavy atom. The smallest absolute Gasteiger partial charge is 0.145 e. The van der Waals surface area contributed by atoms with Crippen molar-refractivity contribution in [2.75, 3.05) is 19.5 Å². The van der Waals surface area contributed by atoms with Crippen molar-refractivity contribution < 1.29 is 9.47 Å². The molecule has 0 aliphatic heterocycles. The lowest BCUT2D eigenvalue weighted by Gasteiger charge is -2.08. The van der Waals surface area contributed by atoms with Crippen LogP contribution >= 0.6 is 0 Å². The van der Waals surface area contributed by atoms with Crippen molar-refractivity contribution in [2.24, 2.45) is 0 Å². The van der Waals surface area contributed by atoms with Crippen molar-refractivity contribution >= 4 is 5.69 Å². The third-order valence-electron chi connectivity index (χ3n) is 1.60. The lowest BCUT2D eigenvalue weighted by atomic mass is 10.3. The lowest BCUT2D eigenvalue weighted by molar-refractivity contribution is 0.395. The standard InChI is InChI=1S/C9H12NO2/c1-10-8-5-4-7(11-2)6-9(8)12-3/h4-6,10H,1H2,2-3H3. The molecule has 3 heteroatoms. The van der Waals surface area contributed by atoms with Crippen LogP contribution in [0.25, 0.3) is 0 Å². The Balaban J connectivity index is 3.02. The van der Waals surface area contributed by atoms with Gasteiger partial charge in [0.15, 0.2) is 0 Å². The van der Waals surface area contributed by atoms with Crippen molar-refractivity contribution in [1.82, 2.24) is 0 Å². The summed E-state index contributed by atoms with van der Waals surface area (Å²) in [6, 6.07) is 5.49. The molecule has 12 heavy (non-hydrogen) atoms. The summed E-state index contributed by atoms with van der Waals surface area (Å²) in [7, 11) is 6.77. The second kappa shape index (κ2) is 3.85. The molecule has 1 N–H and O–H groups in total. The molecular weight excluding hydrogens is 154 g/mol. The Hall–Kier alpha value is -1.38. The Labute approximate surface area is 72.3 Å². The molecule has 0 unspecified atom stereocenters. The Morgan fingerprint density at radius 3 is 2.50 bits per heavy atom. The van der Waals surface area contributed by atoms with E-state index in [-0.39, 0.29) is 0 Å². The maximum atomic E-state index is 5.10. The van der Waals surface area contributed by atoms with Gasteiger partial charge in [0, 0.05) is 13.1 Å². The summed E-state index contributed by atoms with van der Waals surface area (Å²) < 4.78 is 10.1. The minimum atomic E-state index is 0.726. The minimum absolute atomic E-state index is 0.726. The van der Waals surface area contributed by atoms with Crippen LogP contribution in [-0.4, -0.2) is 14.2 Å². The van der Waals surface area contributed by atoms with Crippen molar-refractivity contribution in [3.63, 3.8) is 0 Å². The van der Waals surface area contributed by atoms with Crippen molar-refractivity contribution in [3.05, 3.63) is 25.2 Å². The third kappa shape index (κ3) is 1.61. The fourth-order valence-electron chi connectivity index (χ4n) is 0.945. The zero-order chi connectivity index (χ0) is 8.97. The number of methoxy groups -OCH3 is 2. The molecule has 1 aromatic rings. The minimum Gasteiger partial charge on any atom is -0.497 e. The highest BCUT2D eigenvalue weighted by atomic mass is 16.5. The van der Waals surface area contributed by atoms with Crippen LogP contribution in [0.5, 0.6) is 11.5 Å². The molecule has 1 aromatic carbocycles. The van der Waals surface area contributed by atoms with Crippen LogP contribution in [0.1, 0.15) is 0 Å². The van der Waals surface area contributed by atoms with Crippen LogP contribution in [0.4, 0.5) is 5.69 Å². The second-order valence-electron chi connectivity index (χ2n) is 2.24. The van der Waals surface area contributed by atoms with Gasteiger partial charge < -0.3 is 14.8 Å². The summed E-state index contributed by atoms with van der Waals surface area (Å²) in [6.07, 6.45) is 0. The van der Waals surface area contributed by atoms with E-state index in [0.717, 1.165) is 17.2 Å². The Bertz CT molecular complexity index is 261. The molecule has 65 valence electrons. The van der Waals surface area contributed by atoms with E-state index in [1.54, 1.807) is 20.3 Å². The van der Waals surface area contributed by atoms with E-state index in [2.05, 4.69) is 12.4 Å². The molecule has 3 nitrogen and oxygen atoms in total. The van der Waals surface area contributed by atoms with Gasteiger partial charge in [0.25, 0.3) is 0 Å². The van der Waals surface area contributed by atoms with E-state index in [1.165, 1.54) is 0 Å². The maximum absolute atomic E-state index is 5.10. The molecule has 0 amide bonds. The Kier molecular flexibility index (Phi) is 2.80. The fraction of sp³-hybridized carbons (Fsp3) is 0.222. The summed E-state index contributed by atoms with van der Waals surface area (Å²) >= 11 is 0. The molecule has 0 heterocycles. The van der Waals surface area contributed by atoms with Crippen molar-refractivity contribution in [2.45, 2.75) is 0 Å². The van der Waals surface area contributed by atoms with Gasteiger partial charge in [0.2, 0.25) is 0 Å². The molecule has 0 atom stereocenters. The fourth-order valence-corrected chi connectivity index (χ4v) is 0.945. The number of nitrogens with one attached hydrogen (secondary N) is 1. The number of anilines is 1. The molecule has 0 spiro atoms. The van der Waals surface area contributed by atoms with Crippen LogP contribution in [0, 0.1) is 7.05 Å². The molecule has 1 radical (unpaired) electrons. The maximum Gasteiger partial charge on any atom is 0.145 e. The molecule has 0 saturated carbocycles. The van der Waals surface area contributed by atoms with Crippen LogP contribution in [0.3, 0.4) is 0 Å². The topological polar surface area (TPSA) is 30.5 Å². The van der Waals surface area contributed by atoms with Crippen LogP contribution in [0.2, 0.25) is 0 Å². The first-order chi connectivity index (χ1) is 5.81. The second-order valence-corrected chi connectivity index (χ2v) is 2.24. The first-order valence-electron chi connectivity index (χ1n) is 3.57. The zero-order valence-corrected chi connectivity index (χ0v) is 7.26. The largest absolute Gasteiger partial charge is 0.497 e. The summed E-state index contributed by atoms with van der Waals surface area (Å²) in [5.41, 5.74) is 0.846. The van der Waals surface area contributed by atoms with Gasteiger partial charge in [-0.05, 0) is 12.1 Å². The number of benzene rings is 1. The highest BCUT2D eigenvalue weighted by Gasteiger charge is 2.01. The third-order valence-corrected chi connectivity index (χ3v) is 1.60. The first-order valence-corrected chi connectivity index (χ1v) is 3.57. The molecular formula is C9H12NO2. The summed E-state index contributed by atoms with van der Waals surface area (Å²) in [5.74, 6) is 1.50. The first kappa shape index (κ1) is 8.71. The SMILES string of the molecule is [CH2]Nc1ccc(OC)cc1OC. The molecule has 0 aliphatic carbocycles. The van der Waals surface area contributed by atoms with E-state index in [9.17, 15) is 0 Å². The van der Waals surface area contributed by atoms with Gasteiger partial charge in [-0.25, -0.2) is 0 Å². The van der Waals surface area contributed by atoms with Crippen molar-refractivity contribution in [1.29, 1.82) is 0 Å². The van der Waals surface area contributed by atoms with E-state index in [1.807, 2.05) is 12.1 Å². The van der Waals surface area contributed by atoms with Gasteiger partial charge in [-0.1, -0.05) is 0 Å². The van der Waals surface area contributed by atoms with Gasteiger partial charge in [-0.2, -0.15) is 0 Å². The predicted molar refractivity (Wildman–Crippen MR) is 48.5 cm³/mol. The monoisotopic (exact) mass is 166 g/mol. The van der Waals surface area contributed by atoms with E-state index in [0.29, 0.717) is 0 Å². The number of rotatable bonds is 3. The van der Waals surface area contributed by atoms with Crippen molar-refractivity contribution in [3.8, 4) is 11.5 Å². The number of ether oxygens (including phenoxy) is 2. The number of hydrogen-bond acceptors (Lipinski definition) is 3. The van der Waals surface area contributed by atoms with Gasteiger partial charge in [-0.3, -0.25) is 0 Å². The quantitative estimate of drug-likeness (QED) is 0.744. The molecule has 1 rings (SSSR count). The van der Waals surface area contributed by atoms with E-state index < -0.39 is 0 Å². The number of hydrogen-bond donors (Lipinski definition) is 1. The molecule has 0 bridgehead atoms. The summed E-state index contributed by atoms with van der Waals surface area (Å²) in [6.45, 7) is 0.